The van der Waals surface area contributed by atoms with Crippen LogP contribution in [0, 0.1) is 5.82 Å². The van der Waals surface area contributed by atoms with Gasteiger partial charge in [-0.05, 0) is 35.4 Å². The zero-order valence-electron chi connectivity index (χ0n) is 10.8. The minimum atomic E-state index is -0.302. The second-order valence-corrected chi connectivity index (χ2v) is 4.45. The molecule has 2 heteroatoms. The van der Waals surface area contributed by atoms with Gasteiger partial charge in [-0.25, -0.2) is 4.39 Å². The maximum Gasteiger partial charge on any atom is 0.130 e. The molecule has 0 fully saturated rings. The van der Waals surface area contributed by atoms with Gasteiger partial charge in [0.25, 0.3) is 0 Å². The third-order valence-corrected chi connectivity index (χ3v) is 2.99. The van der Waals surface area contributed by atoms with Crippen LogP contribution in [-0.2, 0) is 0 Å². The monoisotopic (exact) mass is 264 g/mol. The normalized spacial score (nSPS) is 10.2. The Labute approximate surface area is 117 Å². The molecule has 0 aliphatic rings. The Morgan fingerprint density at radius 1 is 0.600 bits per heavy atom. The van der Waals surface area contributed by atoms with E-state index in [0.717, 1.165) is 11.1 Å². The highest BCUT2D eigenvalue weighted by atomic mass is 19.1. The van der Waals surface area contributed by atoms with Crippen molar-refractivity contribution in [1.29, 1.82) is 0 Å². The van der Waals surface area contributed by atoms with Gasteiger partial charge in [-0.15, -0.1) is 0 Å². The number of hydrogen-bond acceptors (Lipinski definition) is 1. The number of rotatable bonds is 3. The molecule has 0 unspecified atom stereocenters. The van der Waals surface area contributed by atoms with Crippen molar-refractivity contribution in [2.75, 3.05) is 0 Å². The molecule has 0 aliphatic carbocycles. The van der Waals surface area contributed by atoms with Crippen molar-refractivity contribution in [3.8, 4) is 22.6 Å². The molecule has 0 amide bonds. The van der Waals surface area contributed by atoms with E-state index in [1.165, 1.54) is 12.1 Å². The fourth-order valence-electron chi connectivity index (χ4n) is 2.01. The molecule has 0 heterocycles. The molecule has 3 aromatic carbocycles. The van der Waals surface area contributed by atoms with Crippen molar-refractivity contribution < 1.29 is 9.13 Å². The van der Waals surface area contributed by atoms with Crippen LogP contribution in [0.5, 0.6) is 11.5 Å². The van der Waals surface area contributed by atoms with E-state index in [9.17, 15) is 4.39 Å². The Morgan fingerprint density at radius 2 is 1.30 bits per heavy atom. The smallest absolute Gasteiger partial charge is 0.130 e. The minimum absolute atomic E-state index is 0.302. The first kappa shape index (κ1) is 12.4. The van der Waals surface area contributed by atoms with Crippen molar-refractivity contribution in [3.05, 3.63) is 84.7 Å². The fraction of sp³-hybridized carbons (Fsp3) is 0. The van der Waals surface area contributed by atoms with Gasteiger partial charge in [0, 0.05) is 6.07 Å². The highest BCUT2D eigenvalue weighted by Crippen LogP contribution is 2.25. The molecule has 0 aliphatic heterocycles. The van der Waals surface area contributed by atoms with E-state index in [0.29, 0.717) is 11.5 Å². The molecule has 0 aromatic heterocycles. The maximum absolute atomic E-state index is 13.1. The molecule has 3 aromatic rings. The fourth-order valence-corrected chi connectivity index (χ4v) is 2.01. The Kier molecular flexibility index (Phi) is 3.46. The molecule has 3 rings (SSSR count). The lowest BCUT2D eigenvalue weighted by Crippen LogP contribution is -1.85. The van der Waals surface area contributed by atoms with Crippen molar-refractivity contribution >= 4 is 0 Å². The number of ether oxygens (including phenoxy) is 1. The lowest BCUT2D eigenvalue weighted by molar-refractivity contribution is 0.477. The lowest BCUT2D eigenvalue weighted by Gasteiger charge is -2.07. The predicted octanol–water partition coefficient (Wildman–Crippen LogP) is 5.29. The first-order valence-electron chi connectivity index (χ1n) is 6.40. The third kappa shape index (κ3) is 2.86. The van der Waals surface area contributed by atoms with Gasteiger partial charge < -0.3 is 4.74 Å². The Hall–Kier alpha value is -2.61. The Balaban J connectivity index is 1.80. The van der Waals surface area contributed by atoms with E-state index in [-0.39, 0.29) is 5.82 Å². The van der Waals surface area contributed by atoms with Gasteiger partial charge in [-0.1, -0.05) is 48.5 Å². The van der Waals surface area contributed by atoms with E-state index in [1.807, 2.05) is 42.5 Å². The lowest BCUT2D eigenvalue weighted by atomic mass is 10.1. The summed E-state index contributed by atoms with van der Waals surface area (Å²) in [6, 6.07) is 24.0. The first-order valence-corrected chi connectivity index (χ1v) is 6.40. The van der Waals surface area contributed by atoms with Crippen LogP contribution in [0.4, 0.5) is 4.39 Å². The zero-order valence-corrected chi connectivity index (χ0v) is 10.8. The molecule has 0 atom stereocenters. The van der Waals surface area contributed by atoms with Gasteiger partial charge in [0.15, 0.2) is 0 Å². The maximum atomic E-state index is 13.1. The predicted molar refractivity (Wildman–Crippen MR) is 78.4 cm³/mol. The van der Waals surface area contributed by atoms with E-state index in [2.05, 4.69) is 12.1 Å². The number of hydrogen-bond donors (Lipinski definition) is 0. The SMILES string of the molecule is Fc1cccc(Oc2ccc(-c3ccccc3)cc2)c1. The molecular weight excluding hydrogens is 251 g/mol. The minimum Gasteiger partial charge on any atom is -0.457 e. The van der Waals surface area contributed by atoms with Gasteiger partial charge in [0.2, 0.25) is 0 Å². The quantitative estimate of drug-likeness (QED) is 0.625. The number of halogens is 1. The number of benzene rings is 3. The average molecular weight is 264 g/mol. The molecule has 0 saturated carbocycles. The summed E-state index contributed by atoms with van der Waals surface area (Å²) < 4.78 is 18.7. The van der Waals surface area contributed by atoms with Crippen molar-refractivity contribution in [2.24, 2.45) is 0 Å². The summed E-state index contributed by atoms with van der Waals surface area (Å²) >= 11 is 0. The standard InChI is InChI=1S/C18H13FO/c19-16-7-4-8-18(13-16)20-17-11-9-15(10-12-17)14-5-2-1-3-6-14/h1-13H. The van der Waals surface area contributed by atoms with Crippen LogP contribution >= 0.6 is 0 Å². The van der Waals surface area contributed by atoms with Gasteiger partial charge in [0.05, 0.1) is 0 Å². The summed E-state index contributed by atoms with van der Waals surface area (Å²) in [6.45, 7) is 0. The summed E-state index contributed by atoms with van der Waals surface area (Å²) in [7, 11) is 0. The van der Waals surface area contributed by atoms with Crippen LogP contribution in [0.1, 0.15) is 0 Å². The molecule has 20 heavy (non-hydrogen) atoms. The molecule has 0 saturated heterocycles. The molecular formula is C18H13FO. The van der Waals surface area contributed by atoms with Crippen LogP contribution in [0.3, 0.4) is 0 Å². The van der Waals surface area contributed by atoms with E-state index >= 15 is 0 Å². The Morgan fingerprint density at radius 3 is 2.00 bits per heavy atom. The van der Waals surface area contributed by atoms with E-state index < -0.39 is 0 Å². The van der Waals surface area contributed by atoms with Gasteiger partial charge in [-0.3, -0.25) is 0 Å². The molecule has 0 spiro atoms. The van der Waals surface area contributed by atoms with Crippen molar-refractivity contribution in [1.82, 2.24) is 0 Å². The third-order valence-electron chi connectivity index (χ3n) is 2.99. The van der Waals surface area contributed by atoms with Gasteiger partial charge >= 0.3 is 0 Å². The average Bonchev–Trinajstić information content (AvgIpc) is 2.49. The first-order chi connectivity index (χ1) is 9.81. The van der Waals surface area contributed by atoms with Gasteiger partial charge in [-0.2, -0.15) is 0 Å². The van der Waals surface area contributed by atoms with Gasteiger partial charge in [0.1, 0.15) is 17.3 Å². The molecule has 98 valence electrons. The molecule has 1 nitrogen and oxygen atoms in total. The van der Waals surface area contributed by atoms with E-state index in [1.54, 1.807) is 12.1 Å². The summed E-state index contributed by atoms with van der Waals surface area (Å²) in [5, 5.41) is 0. The second-order valence-electron chi connectivity index (χ2n) is 4.45. The van der Waals surface area contributed by atoms with Crippen LogP contribution in [0.2, 0.25) is 0 Å². The molecule has 0 bridgehead atoms. The topological polar surface area (TPSA) is 9.23 Å². The highest BCUT2D eigenvalue weighted by Gasteiger charge is 2.00. The molecule has 0 radical (unpaired) electrons. The largest absolute Gasteiger partial charge is 0.457 e. The van der Waals surface area contributed by atoms with Crippen molar-refractivity contribution in [3.63, 3.8) is 0 Å². The Bertz CT molecular complexity index is 690. The summed E-state index contributed by atoms with van der Waals surface area (Å²) in [5.74, 6) is 0.885. The van der Waals surface area contributed by atoms with Crippen molar-refractivity contribution in [2.45, 2.75) is 0 Å². The summed E-state index contributed by atoms with van der Waals surface area (Å²) in [5.41, 5.74) is 2.28. The zero-order chi connectivity index (χ0) is 13.8. The summed E-state index contributed by atoms with van der Waals surface area (Å²) in [6.07, 6.45) is 0. The van der Waals surface area contributed by atoms with Crippen LogP contribution < -0.4 is 4.74 Å². The summed E-state index contributed by atoms with van der Waals surface area (Å²) in [4.78, 5) is 0. The van der Waals surface area contributed by atoms with E-state index in [4.69, 9.17) is 4.74 Å². The second kappa shape index (κ2) is 5.57. The van der Waals surface area contributed by atoms with Crippen LogP contribution in [0.15, 0.2) is 78.9 Å². The van der Waals surface area contributed by atoms with Crippen LogP contribution in [0.25, 0.3) is 11.1 Å². The molecule has 0 N–H and O–H groups in total. The van der Waals surface area contributed by atoms with Crippen LogP contribution in [-0.4, -0.2) is 0 Å². The highest BCUT2D eigenvalue weighted by molar-refractivity contribution is 5.64.